The number of nitrogen functional groups attached to an aromatic ring is 1. The fourth-order valence-electron chi connectivity index (χ4n) is 1.40. The Hall–Kier alpha value is -1.13. The summed E-state index contributed by atoms with van der Waals surface area (Å²) in [6, 6.07) is 5.57. The van der Waals surface area contributed by atoms with Gasteiger partial charge in [0.15, 0.2) is 0 Å². The standard InChI is InChI=1S/C12H20N2O2/c1-2-3-8-16-10-11(15)9-14-7-5-4-6-12(14)13/h4-7,11,13,15H,2-3,8-10H2,1H3/p+1. The largest absolute Gasteiger partial charge is 0.387 e. The van der Waals surface area contributed by atoms with Gasteiger partial charge >= 0.3 is 0 Å². The van der Waals surface area contributed by atoms with Crippen LogP contribution in [0.15, 0.2) is 24.4 Å². The molecule has 0 aliphatic rings. The summed E-state index contributed by atoms with van der Waals surface area (Å²) in [6.45, 7) is 3.66. The van der Waals surface area contributed by atoms with Crippen LogP contribution in [0.1, 0.15) is 19.8 Å². The van der Waals surface area contributed by atoms with Crippen molar-refractivity contribution in [3.05, 3.63) is 24.4 Å². The van der Waals surface area contributed by atoms with Crippen molar-refractivity contribution in [2.45, 2.75) is 32.4 Å². The van der Waals surface area contributed by atoms with Crippen LogP contribution in [-0.2, 0) is 11.3 Å². The third-order valence-electron chi connectivity index (χ3n) is 2.34. The van der Waals surface area contributed by atoms with Gasteiger partial charge < -0.3 is 9.84 Å². The molecule has 1 aromatic rings. The van der Waals surface area contributed by atoms with Crippen LogP contribution < -0.4 is 10.3 Å². The molecule has 0 aliphatic carbocycles. The smallest absolute Gasteiger partial charge is 0.272 e. The highest BCUT2D eigenvalue weighted by atomic mass is 16.5. The number of aliphatic hydroxyl groups excluding tert-OH is 1. The first kappa shape index (κ1) is 12.9. The van der Waals surface area contributed by atoms with E-state index in [9.17, 15) is 5.11 Å². The molecule has 16 heavy (non-hydrogen) atoms. The highest BCUT2D eigenvalue weighted by Crippen LogP contribution is 1.95. The fourth-order valence-corrected chi connectivity index (χ4v) is 1.40. The highest BCUT2D eigenvalue weighted by molar-refractivity contribution is 5.18. The topological polar surface area (TPSA) is 59.4 Å². The number of ether oxygens (including phenoxy) is 1. The van der Waals surface area contributed by atoms with Crippen molar-refractivity contribution in [1.29, 1.82) is 0 Å². The molecule has 0 saturated heterocycles. The van der Waals surface area contributed by atoms with Crippen molar-refractivity contribution in [2.75, 3.05) is 18.9 Å². The predicted molar refractivity (Wildman–Crippen MR) is 62.8 cm³/mol. The van der Waals surface area contributed by atoms with Gasteiger partial charge in [0, 0.05) is 12.7 Å². The summed E-state index contributed by atoms with van der Waals surface area (Å²) in [7, 11) is 0. The lowest BCUT2D eigenvalue weighted by Gasteiger charge is -2.10. The van der Waals surface area contributed by atoms with Crippen LogP contribution in [0.25, 0.3) is 0 Å². The average molecular weight is 225 g/mol. The fraction of sp³-hybridized carbons (Fsp3) is 0.583. The number of aliphatic hydroxyl groups is 1. The molecule has 0 fully saturated rings. The third kappa shape index (κ3) is 4.59. The van der Waals surface area contributed by atoms with Crippen LogP contribution >= 0.6 is 0 Å². The van der Waals surface area contributed by atoms with E-state index in [1.165, 1.54) is 0 Å². The van der Waals surface area contributed by atoms with Crippen LogP contribution in [0.5, 0.6) is 0 Å². The van der Waals surface area contributed by atoms with Crippen LogP contribution in [-0.4, -0.2) is 24.4 Å². The van der Waals surface area contributed by atoms with Crippen molar-refractivity contribution in [3.63, 3.8) is 0 Å². The number of pyridine rings is 1. The second-order valence-corrected chi connectivity index (χ2v) is 3.86. The van der Waals surface area contributed by atoms with Gasteiger partial charge in [-0.25, -0.2) is 4.57 Å². The number of hydrogen-bond acceptors (Lipinski definition) is 3. The van der Waals surface area contributed by atoms with Gasteiger partial charge in [0.1, 0.15) is 12.6 Å². The second-order valence-electron chi connectivity index (χ2n) is 3.86. The van der Waals surface area contributed by atoms with E-state index < -0.39 is 6.10 Å². The molecule has 0 radical (unpaired) electrons. The van der Waals surface area contributed by atoms with E-state index in [1.807, 2.05) is 29.0 Å². The molecule has 0 spiro atoms. The number of nitrogens with two attached hydrogens (primary N) is 1. The minimum atomic E-state index is -0.508. The van der Waals surface area contributed by atoms with Crippen molar-refractivity contribution >= 4 is 5.82 Å². The predicted octanol–water partition coefficient (Wildman–Crippen LogP) is 0.734. The molecular weight excluding hydrogens is 204 g/mol. The van der Waals surface area contributed by atoms with Gasteiger partial charge in [-0.3, -0.25) is 5.73 Å². The molecule has 0 amide bonds. The molecule has 1 atom stereocenters. The number of anilines is 1. The summed E-state index contributed by atoms with van der Waals surface area (Å²) in [5.74, 6) is 0.648. The zero-order valence-corrected chi connectivity index (χ0v) is 9.80. The second kappa shape index (κ2) is 7.19. The first-order valence-corrected chi connectivity index (χ1v) is 5.73. The maximum absolute atomic E-state index is 9.72. The van der Waals surface area contributed by atoms with E-state index in [1.54, 1.807) is 0 Å². The molecule has 1 heterocycles. The lowest BCUT2D eigenvalue weighted by molar-refractivity contribution is -0.690. The van der Waals surface area contributed by atoms with Gasteiger partial charge in [0.05, 0.1) is 12.8 Å². The zero-order valence-electron chi connectivity index (χ0n) is 9.80. The van der Waals surface area contributed by atoms with Gasteiger partial charge in [-0.2, -0.15) is 0 Å². The maximum Gasteiger partial charge on any atom is 0.272 e. The lowest BCUT2D eigenvalue weighted by atomic mass is 10.3. The zero-order chi connectivity index (χ0) is 11.8. The molecule has 1 rings (SSSR count). The maximum atomic E-state index is 9.72. The molecule has 90 valence electrons. The first-order valence-electron chi connectivity index (χ1n) is 5.73. The molecule has 0 aliphatic heterocycles. The molecule has 4 nitrogen and oxygen atoms in total. The Morgan fingerprint density at radius 1 is 1.50 bits per heavy atom. The Morgan fingerprint density at radius 3 is 3.00 bits per heavy atom. The van der Waals surface area contributed by atoms with Gasteiger partial charge in [-0.05, 0) is 12.5 Å². The third-order valence-corrected chi connectivity index (χ3v) is 2.34. The minimum Gasteiger partial charge on any atom is -0.387 e. The van der Waals surface area contributed by atoms with Crippen LogP contribution in [0, 0.1) is 0 Å². The van der Waals surface area contributed by atoms with E-state index in [-0.39, 0.29) is 0 Å². The van der Waals surface area contributed by atoms with E-state index in [0.29, 0.717) is 25.6 Å². The molecule has 0 bridgehead atoms. The van der Waals surface area contributed by atoms with Gasteiger partial charge in [-0.1, -0.05) is 19.4 Å². The van der Waals surface area contributed by atoms with Crippen LogP contribution in [0.2, 0.25) is 0 Å². The van der Waals surface area contributed by atoms with Crippen LogP contribution in [0.4, 0.5) is 5.82 Å². The molecule has 1 unspecified atom stereocenters. The number of rotatable bonds is 7. The molecular formula is C12H21N2O2+. The Bertz CT molecular complexity index is 305. The van der Waals surface area contributed by atoms with Crippen LogP contribution in [0.3, 0.4) is 0 Å². The van der Waals surface area contributed by atoms with E-state index >= 15 is 0 Å². The van der Waals surface area contributed by atoms with Crippen molar-refractivity contribution in [3.8, 4) is 0 Å². The number of unbranched alkanes of at least 4 members (excludes halogenated alkanes) is 1. The van der Waals surface area contributed by atoms with E-state index in [0.717, 1.165) is 12.8 Å². The minimum absolute atomic E-state index is 0.362. The quantitative estimate of drug-likeness (QED) is 0.531. The summed E-state index contributed by atoms with van der Waals surface area (Å²) in [5.41, 5.74) is 5.76. The highest BCUT2D eigenvalue weighted by Gasteiger charge is 2.10. The number of nitrogens with zero attached hydrogens (tertiary/aromatic N) is 1. The van der Waals surface area contributed by atoms with Gasteiger partial charge in [0.2, 0.25) is 0 Å². The Morgan fingerprint density at radius 2 is 2.31 bits per heavy atom. The van der Waals surface area contributed by atoms with Crippen molar-refractivity contribution in [2.24, 2.45) is 0 Å². The van der Waals surface area contributed by atoms with Gasteiger partial charge in [0.25, 0.3) is 5.82 Å². The summed E-state index contributed by atoms with van der Waals surface area (Å²) >= 11 is 0. The lowest BCUT2D eigenvalue weighted by Crippen LogP contribution is -2.43. The Balaban J connectivity index is 2.28. The van der Waals surface area contributed by atoms with Crippen molar-refractivity contribution < 1.29 is 14.4 Å². The molecule has 1 aromatic heterocycles. The van der Waals surface area contributed by atoms with E-state index in [2.05, 4.69) is 6.92 Å². The SMILES string of the molecule is CCCCOCC(O)C[n+]1ccccc1N. The Labute approximate surface area is 96.7 Å². The molecule has 0 aromatic carbocycles. The molecule has 0 saturated carbocycles. The monoisotopic (exact) mass is 225 g/mol. The Kier molecular flexibility index (Phi) is 5.82. The summed E-state index contributed by atoms with van der Waals surface area (Å²) in [6.07, 6.45) is 3.49. The van der Waals surface area contributed by atoms with Gasteiger partial charge in [-0.15, -0.1) is 0 Å². The molecule has 3 N–H and O–H groups in total. The van der Waals surface area contributed by atoms with E-state index in [4.69, 9.17) is 10.5 Å². The summed E-state index contributed by atoms with van der Waals surface area (Å²) in [5, 5.41) is 9.72. The molecule has 4 heteroatoms. The summed E-state index contributed by atoms with van der Waals surface area (Å²) < 4.78 is 7.16. The number of hydrogen-bond donors (Lipinski definition) is 2. The van der Waals surface area contributed by atoms with Crippen molar-refractivity contribution in [1.82, 2.24) is 0 Å². The first-order chi connectivity index (χ1) is 7.74. The number of aromatic nitrogens is 1. The summed E-state index contributed by atoms with van der Waals surface area (Å²) in [4.78, 5) is 0. The normalized spacial score (nSPS) is 12.6. The average Bonchev–Trinajstić information content (AvgIpc) is 2.28.